The third kappa shape index (κ3) is 5.06. The van der Waals surface area contributed by atoms with Crippen LogP contribution in [-0.2, 0) is 6.42 Å². The molecule has 0 atom stereocenters. The molecule has 0 aliphatic carbocycles. The van der Waals surface area contributed by atoms with Crippen molar-refractivity contribution in [2.75, 3.05) is 19.8 Å². The van der Waals surface area contributed by atoms with Crippen LogP contribution in [0.3, 0.4) is 0 Å². The van der Waals surface area contributed by atoms with Crippen LogP contribution in [0.2, 0.25) is 0 Å². The van der Waals surface area contributed by atoms with Crippen LogP contribution in [0, 0.1) is 6.92 Å². The van der Waals surface area contributed by atoms with E-state index in [0.717, 1.165) is 28.0 Å². The van der Waals surface area contributed by atoms with Gasteiger partial charge in [0.15, 0.2) is 0 Å². The summed E-state index contributed by atoms with van der Waals surface area (Å²) in [5.74, 6) is 1.74. The Morgan fingerprint density at radius 3 is 2.38 bits per heavy atom. The van der Waals surface area contributed by atoms with E-state index < -0.39 is 0 Å². The van der Waals surface area contributed by atoms with Crippen LogP contribution in [0.15, 0.2) is 46.9 Å². The summed E-state index contributed by atoms with van der Waals surface area (Å²) < 4.78 is 12.4. The molecule has 2 aromatic carbocycles. The standard InChI is InChI=1S/C17H20BrNO2/c1-13-12-15(18)4-7-17(13)21-11-10-20-16-5-2-14(3-6-16)8-9-19/h2-7,12H,8-11,19H2,1H3. The van der Waals surface area contributed by atoms with Gasteiger partial charge in [-0.25, -0.2) is 0 Å². The van der Waals surface area contributed by atoms with Gasteiger partial charge in [-0.2, -0.15) is 0 Å². The van der Waals surface area contributed by atoms with Gasteiger partial charge in [0.1, 0.15) is 24.7 Å². The van der Waals surface area contributed by atoms with E-state index >= 15 is 0 Å². The van der Waals surface area contributed by atoms with Crippen molar-refractivity contribution in [1.29, 1.82) is 0 Å². The van der Waals surface area contributed by atoms with Gasteiger partial charge in [-0.05, 0) is 61.3 Å². The van der Waals surface area contributed by atoms with Crippen LogP contribution in [0.1, 0.15) is 11.1 Å². The smallest absolute Gasteiger partial charge is 0.122 e. The van der Waals surface area contributed by atoms with Gasteiger partial charge in [-0.3, -0.25) is 0 Å². The molecule has 0 heterocycles. The van der Waals surface area contributed by atoms with Crippen LogP contribution in [-0.4, -0.2) is 19.8 Å². The predicted molar refractivity (Wildman–Crippen MR) is 89.1 cm³/mol. The third-order valence-electron chi connectivity index (χ3n) is 3.10. The van der Waals surface area contributed by atoms with E-state index in [4.69, 9.17) is 15.2 Å². The zero-order valence-electron chi connectivity index (χ0n) is 12.1. The summed E-state index contributed by atoms with van der Waals surface area (Å²) in [6, 6.07) is 14.0. The van der Waals surface area contributed by atoms with Crippen molar-refractivity contribution in [2.24, 2.45) is 5.73 Å². The van der Waals surface area contributed by atoms with E-state index in [9.17, 15) is 0 Å². The number of benzene rings is 2. The number of nitrogens with two attached hydrogens (primary N) is 1. The summed E-state index contributed by atoms with van der Waals surface area (Å²) in [5, 5.41) is 0. The Balaban J connectivity index is 1.76. The van der Waals surface area contributed by atoms with Crippen molar-refractivity contribution in [1.82, 2.24) is 0 Å². The molecule has 0 aliphatic heterocycles. The lowest BCUT2D eigenvalue weighted by molar-refractivity contribution is 0.216. The van der Waals surface area contributed by atoms with E-state index in [1.807, 2.05) is 49.4 Å². The Kier molecular flexibility index (Phi) is 6.08. The highest BCUT2D eigenvalue weighted by Gasteiger charge is 2.00. The zero-order valence-corrected chi connectivity index (χ0v) is 13.7. The van der Waals surface area contributed by atoms with Gasteiger partial charge in [0.25, 0.3) is 0 Å². The lowest BCUT2D eigenvalue weighted by Crippen LogP contribution is -2.09. The van der Waals surface area contributed by atoms with Crippen LogP contribution in [0.4, 0.5) is 0 Å². The normalized spacial score (nSPS) is 10.4. The number of rotatable bonds is 7. The van der Waals surface area contributed by atoms with Gasteiger partial charge >= 0.3 is 0 Å². The number of aryl methyl sites for hydroxylation is 1. The SMILES string of the molecule is Cc1cc(Br)ccc1OCCOc1ccc(CCN)cc1. The van der Waals surface area contributed by atoms with Crippen molar-refractivity contribution < 1.29 is 9.47 Å². The fourth-order valence-electron chi connectivity index (χ4n) is 2.00. The van der Waals surface area contributed by atoms with E-state index in [0.29, 0.717) is 19.8 Å². The molecule has 2 rings (SSSR count). The second-order valence-electron chi connectivity index (χ2n) is 4.79. The Hall–Kier alpha value is -1.52. The molecule has 0 radical (unpaired) electrons. The maximum absolute atomic E-state index is 5.71. The summed E-state index contributed by atoms with van der Waals surface area (Å²) in [6.07, 6.45) is 0.895. The average molecular weight is 350 g/mol. The molecule has 3 nitrogen and oxygen atoms in total. The van der Waals surface area contributed by atoms with Crippen LogP contribution in [0.25, 0.3) is 0 Å². The third-order valence-corrected chi connectivity index (χ3v) is 3.60. The van der Waals surface area contributed by atoms with Crippen LogP contribution >= 0.6 is 15.9 Å². The zero-order chi connectivity index (χ0) is 15.1. The van der Waals surface area contributed by atoms with Crippen molar-refractivity contribution in [3.63, 3.8) is 0 Å². The molecule has 0 unspecified atom stereocenters. The average Bonchev–Trinajstić information content (AvgIpc) is 2.47. The number of hydrogen-bond donors (Lipinski definition) is 1. The molecule has 112 valence electrons. The van der Waals surface area contributed by atoms with Gasteiger partial charge in [-0.15, -0.1) is 0 Å². The lowest BCUT2D eigenvalue weighted by atomic mass is 10.1. The maximum atomic E-state index is 5.71. The van der Waals surface area contributed by atoms with Crippen molar-refractivity contribution in [2.45, 2.75) is 13.3 Å². The fraction of sp³-hybridized carbons (Fsp3) is 0.294. The molecule has 0 bridgehead atoms. The van der Waals surface area contributed by atoms with Gasteiger partial charge in [-0.1, -0.05) is 28.1 Å². The van der Waals surface area contributed by atoms with Gasteiger partial charge in [0.05, 0.1) is 0 Å². The molecule has 0 saturated heterocycles. The number of hydrogen-bond acceptors (Lipinski definition) is 3. The molecule has 0 spiro atoms. The molecule has 0 aromatic heterocycles. The fourth-order valence-corrected chi connectivity index (χ4v) is 2.48. The highest BCUT2D eigenvalue weighted by Crippen LogP contribution is 2.22. The van der Waals surface area contributed by atoms with E-state index in [2.05, 4.69) is 15.9 Å². The highest BCUT2D eigenvalue weighted by atomic mass is 79.9. The van der Waals surface area contributed by atoms with E-state index in [1.165, 1.54) is 5.56 Å². The van der Waals surface area contributed by atoms with Gasteiger partial charge < -0.3 is 15.2 Å². The van der Waals surface area contributed by atoms with E-state index in [-0.39, 0.29) is 0 Å². The largest absolute Gasteiger partial charge is 0.490 e. The second-order valence-corrected chi connectivity index (χ2v) is 5.71. The minimum Gasteiger partial charge on any atom is -0.490 e. The van der Waals surface area contributed by atoms with Crippen molar-refractivity contribution in [3.8, 4) is 11.5 Å². The summed E-state index contributed by atoms with van der Waals surface area (Å²) >= 11 is 3.44. The van der Waals surface area contributed by atoms with Crippen LogP contribution in [0.5, 0.6) is 11.5 Å². The Bertz CT molecular complexity index is 570. The first-order valence-corrected chi connectivity index (χ1v) is 7.79. The minimum atomic E-state index is 0.520. The van der Waals surface area contributed by atoms with Crippen molar-refractivity contribution in [3.05, 3.63) is 58.1 Å². The quantitative estimate of drug-likeness (QED) is 0.774. The maximum Gasteiger partial charge on any atom is 0.122 e. The predicted octanol–water partition coefficient (Wildman–Crippen LogP) is 3.72. The van der Waals surface area contributed by atoms with Crippen molar-refractivity contribution >= 4 is 15.9 Å². The number of halogens is 1. The second kappa shape index (κ2) is 8.05. The van der Waals surface area contributed by atoms with Gasteiger partial charge in [0, 0.05) is 4.47 Å². The molecular weight excluding hydrogens is 330 g/mol. The highest BCUT2D eigenvalue weighted by molar-refractivity contribution is 9.10. The Morgan fingerprint density at radius 2 is 1.71 bits per heavy atom. The summed E-state index contributed by atoms with van der Waals surface area (Å²) in [6.45, 7) is 3.73. The molecule has 4 heteroatoms. The monoisotopic (exact) mass is 349 g/mol. The van der Waals surface area contributed by atoms with Crippen LogP contribution < -0.4 is 15.2 Å². The molecule has 2 N–H and O–H groups in total. The topological polar surface area (TPSA) is 44.5 Å². The first kappa shape index (κ1) is 15.9. The molecule has 0 aliphatic rings. The Morgan fingerprint density at radius 1 is 1.00 bits per heavy atom. The van der Waals surface area contributed by atoms with E-state index in [1.54, 1.807) is 0 Å². The lowest BCUT2D eigenvalue weighted by Gasteiger charge is -2.11. The first-order chi connectivity index (χ1) is 10.2. The number of ether oxygens (including phenoxy) is 2. The summed E-state index contributed by atoms with van der Waals surface area (Å²) in [7, 11) is 0. The van der Waals surface area contributed by atoms with Gasteiger partial charge in [0.2, 0.25) is 0 Å². The summed E-state index contributed by atoms with van der Waals surface area (Å²) in [4.78, 5) is 0. The molecule has 0 amide bonds. The Labute approximate surface area is 134 Å². The molecule has 0 saturated carbocycles. The molecule has 21 heavy (non-hydrogen) atoms. The summed E-state index contributed by atoms with van der Waals surface area (Å²) in [5.41, 5.74) is 7.86. The minimum absolute atomic E-state index is 0.520. The molecular formula is C17H20BrNO2. The molecule has 2 aromatic rings. The first-order valence-electron chi connectivity index (χ1n) is 7.00. The molecule has 0 fully saturated rings.